The van der Waals surface area contributed by atoms with Crippen LogP contribution in [0.1, 0.15) is 36.2 Å². The lowest BCUT2D eigenvalue weighted by Gasteiger charge is -2.18. The first-order valence-electron chi connectivity index (χ1n) is 5.34. The van der Waals surface area contributed by atoms with Gasteiger partial charge >= 0.3 is 0 Å². The van der Waals surface area contributed by atoms with Crippen molar-refractivity contribution in [3.63, 3.8) is 0 Å². The molecule has 0 atom stereocenters. The quantitative estimate of drug-likeness (QED) is 0.778. The van der Waals surface area contributed by atoms with E-state index in [2.05, 4.69) is 0 Å². The van der Waals surface area contributed by atoms with Gasteiger partial charge in [0, 0.05) is 6.42 Å². The maximum absolute atomic E-state index is 10.8. The number of aryl methyl sites for hydroxylation is 1. The van der Waals surface area contributed by atoms with Crippen molar-refractivity contribution in [1.29, 1.82) is 0 Å². The second kappa shape index (κ2) is 5.12. The number of aliphatic hydroxyl groups is 1. The molecule has 0 amide bonds. The Hall–Kier alpha value is -1.35. The summed E-state index contributed by atoms with van der Waals surface area (Å²) >= 11 is 0. The molecule has 3 heteroatoms. The Labute approximate surface area is 96.1 Å². The molecule has 16 heavy (non-hydrogen) atoms. The van der Waals surface area contributed by atoms with Gasteiger partial charge < -0.3 is 9.84 Å². The van der Waals surface area contributed by atoms with Crippen LogP contribution in [-0.2, 0) is 0 Å². The van der Waals surface area contributed by atoms with Gasteiger partial charge in [0.15, 0.2) is 6.29 Å². The Morgan fingerprint density at radius 1 is 1.44 bits per heavy atom. The van der Waals surface area contributed by atoms with E-state index in [4.69, 9.17) is 4.74 Å². The summed E-state index contributed by atoms with van der Waals surface area (Å²) in [6.45, 7) is 5.76. The summed E-state index contributed by atoms with van der Waals surface area (Å²) in [4.78, 5) is 10.8. The van der Waals surface area contributed by atoms with Crippen LogP contribution >= 0.6 is 0 Å². The molecule has 0 heterocycles. The second-order valence-electron chi connectivity index (χ2n) is 4.52. The van der Waals surface area contributed by atoms with Crippen LogP contribution in [-0.4, -0.2) is 23.6 Å². The standard InChI is InChI=1S/C13H18O3/c1-10-5-4-6-11(9-14)12(10)16-8-7-13(2,3)15/h4-6,9,15H,7-8H2,1-3H3. The molecule has 1 aromatic carbocycles. The molecule has 0 saturated carbocycles. The van der Waals surface area contributed by atoms with Crippen LogP contribution in [0.25, 0.3) is 0 Å². The highest BCUT2D eigenvalue weighted by molar-refractivity contribution is 5.80. The summed E-state index contributed by atoms with van der Waals surface area (Å²) < 4.78 is 5.54. The largest absolute Gasteiger partial charge is 0.492 e. The summed E-state index contributed by atoms with van der Waals surface area (Å²) in [5, 5.41) is 9.54. The molecule has 0 aromatic heterocycles. The lowest BCUT2D eigenvalue weighted by molar-refractivity contribution is 0.0551. The third-order valence-corrected chi connectivity index (χ3v) is 2.33. The van der Waals surface area contributed by atoms with E-state index in [1.165, 1.54) is 0 Å². The summed E-state index contributed by atoms with van der Waals surface area (Å²) in [5.74, 6) is 0.613. The highest BCUT2D eigenvalue weighted by Gasteiger charge is 2.13. The van der Waals surface area contributed by atoms with E-state index in [0.717, 1.165) is 11.8 Å². The van der Waals surface area contributed by atoms with Gasteiger partial charge in [-0.1, -0.05) is 12.1 Å². The molecule has 1 N–H and O–H groups in total. The first-order chi connectivity index (χ1) is 7.44. The molecular weight excluding hydrogens is 204 g/mol. The zero-order chi connectivity index (χ0) is 12.2. The number of hydrogen-bond donors (Lipinski definition) is 1. The number of carbonyl (C=O) groups excluding carboxylic acids is 1. The van der Waals surface area contributed by atoms with Crippen LogP contribution < -0.4 is 4.74 Å². The van der Waals surface area contributed by atoms with E-state index in [1.54, 1.807) is 19.9 Å². The molecule has 0 aliphatic carbocycles. The molecule has 0 unspecified atom stereocenters. The maximum Gasteiger partial charge on any atom is 0.153 e. The number of para-hydroxylation sites is 1. The van der Waals surface area contributed by atoms with Crippen LogP contribution in [0.15, 0.2) is 18.2 Å². The number of rotatable bonds is 5. The normalized spacial score (nSPS) is 11.2. The highest BCUT2D eigenvalue weighted by atomic mass is 16.5. The van der Waals surface area contributed by atoms with Crippen molar-refractivity contribution in [3.8, 4) is 5.75 Å². The van der Waals surface area contributed by atoms with Gasteiger partial charge in [0.25, 0.3) is 0 Å². The molecule has 1 rings (SSSR count). The van der Waals surface area contributed by atoms with Crippen molar-refractivity contribution in [1.82, 2.24) is 0 Å². The zero-order valence-corrected chi connectivity index (χ0v) is 9.99. The Morgan fingerprint density at radius 3 is 2.69 bits per heavy atom. The predicted molar refractivity (Wildman–Crippen MR) is 63.0 cm³/mol. The van der Waals surface area contributed by atoms with Gasteiger partial charge in [-0.3, -0.25) is 4.79 Å². The van der Waals surface area contributed by atoms with Gasteiger partial charge in [0.1, 0.15) is 5.75 Å². The van der Waals surface area contributed by atoms with Crippen LogP contribution in [0.5, 0.6) is 5.75 Å². The van der Waals surface area contributed by atoms with E-state index in [9.17, 15) is 9.90 Å². The third-order valence-electron chi connectivity index (χ3n) is 2.33. The predicted octanol–water partition coefficient (Wildman–Crippen LogP) is 2.35. The molecule has 1 aromatic rings. The lowest BCUT2D eigenvalue weighted by Crippen LogP contribution is -2.22. The van der Waals surface area contributed by atoms with Gasteiger partial charge in [-0.15, -0.1) is 0 Å². The van der Waals surface area contributed by atoms with Crippen LogP contribution in [0, 0.1) is 6.92 Å². The average molecular weight is 222 g/mol. The van der Waals surface area contributed by atoms with Crippen molar-refractivity contribution < 1.29 is 14.6 Å². The van der Waals surface area contributed by atoms with Crippen molar-refractivity contribution >= 4 is 6.29 Å². The zero-order valence-electron chi connectivity index (χ0n) is 9.99. The number of aldehydes is 1. The fraction of sp³-hybridized carbons (Fsp3) is 0.462. The Kier molecular flexibility index (Phi) is 4.07. The molecular formula is C13H18O3. The molecule has 0 spiro atoms. The molecule has 0 aliphatic heterocycles. The Morgan fingerprint density at radius 2 is 2.12 bits per heavy atom. The number of carbonyl (C=O) groups is 1. The number of hydrogen-bond acceptors (Lipinski definition) is 3. The topological polar surface area (TPSA) is 46.5 Å². The number of benzene rings is 1. The average Bonchev–Trinajstić information content (AvgIpc) is 2.18. The monoisotopic (exact) mass is 222 g/mol. The van der Waals surface area contributed by atoms with Crippen LogP contribution in [0.4, 0.5) is 0 Å². The number of ether oxygens (including phenoxy) is 1. The Bertz CT molecular complexity index is 364. The maximum atomic E-state index is 10.8. The lowest BCUT2D eigenvalue weighted by atomic mass is 10.1. The van der Waals surface area contributed by atoms with Crippen molar-refractivity contribution in [2.24, 2.45) is 0 Å². The summed E-state index contributed by atoms with van der Waals surface area (Å²) in [6, 6.07) is 5.44. The molecule has 88 valence electrons. The van der Waals surface area contributed by atoms with Gasteiger partial charge in [-0.05, 0) is 32.4 Å². The van der Waals surface area contributed by atoms with Crippen molar-refractivity contribution in [2.45, 2.75) is 32.8 Å². The van der Waals surface area contributed by atoms with E-state index < -0.39 is 5.60 Å². The molecule has 3 nitrogen and oxygen atoms in total. The van der Waals surface area contributed by atoms with Gasteiger partial charge in [-0.25, -0.2) is 0 Å². The molecule has 0 aliphatic rings. The summed E-state index contributed by atoms with van der Waals surface area (Å²) in [5.41, 5.74) is 0.736. The first-order valence-corrected chi connectivity index (χ1v) is 5.34. The second-order valence-corrected chi connectivity index (χ2v) is 4.52. The molecule has 0 fully saturated rings. The van der Waals surface area contributed by atoms with Crippen LogP contribution in [0.2, 0.25) is 0 Å². The summed E-state index contributed by atoms with van der Waals surface area (Å²) in [6.07, 6.45) is 1.31. The van der Waals surface area contributed by atoms with Gasteiger partial charge in [-0.2, -0.15) is 0 Å². The fourth-order valence-corrected chi connectivity index (χ4v) is 1.37. The van der Waals surface area contributed by atoms with Gasteiger partial charge in [0.2, 0.25) is 0 Å². The van der Waals surface area contributed by atoms with Crippen molar-refractivity contribution in [3.05, 3.63) is 29.3 Å². The Balaban J connectivity index is 2.70. The fourth-order valence-electron chi connectivity index (χ4n) is 1.37. The van der Waals surface area contributed by atoms with E-state index in [-0.39, 0.29) is 0 Å². The van der Waals surface area contributed by atoms with E-state index in [0.29, 0.717) is 24.3 Å². The SMILES string of the molecule is Cc1cccc(C=O)c1OCCC(C)(C)O. The third kappa shape index (κ3) is 3.66. The minimum Gasteiger partial charge on any atom is -0.492 e. The first kappa shape index (κ1) is 12.7. The summed E-state index contributed by atoms with van der Waals surface area (Å²) in [7, 11) is 0. The molecule has 0 radical (unpaired) electrons. The van der Waals surface area contributed by atoms with E-state index >= 15 is 0 Å². The minimum atomic E-state index is -0.746. The van der Waals surface area contributed by atoms with Crippen molar-refractivity contribution in [2.75, 3.05) is 6.61 Å². The highest BCUT2D eigenvalue weighted by Crippen LogP contribution is 2.22. The molecule has 0 saturated heterocycles. The van der Waals surface area contributed by atoms with Crippen LogP contribution in [0.3, 0.4) is 0 Å². The smallest absolute Gasteiger partial charge is 0.153 e. The molecule has 0 bridgehead atoms. The minimum absolute atomic E-state index is 0.398. The van der Waals surface area contributed by atoms with Gasteiger partial charge in [0.05, 0.1) is 17.8 Å². The van der Waals surface area contributed by atoms with E-state index in [1.807, 2.05) is 19.1 Å².